The lowest BCUT2D eigenvalue weighted by Crippen LogP contribution is -3.00. The van der Waals surface area contributed by atoms with Crippen LogP contribution in [0.1, 0.15) is 0 Å². The Morgan fingerprint density at radius 3 is 2.41 bits per heavy atom. The van der Waals surface area contributed by atoms with Crippen LogP contribution in [0, 0.1) is 0 Å². The zero-order valence-corrected chi connectivity index (χ0v) is 13.0. The first-order valence-corrected chi connectivity index (χ1v) is 6.31. The van der Waals surface area contributed by atoms with Crippen LogP contribution in [0.25, 0.3) is 0 Å². The summed E-state index contributed by atoms with van der Waals surface area (Å²) in [5, 5.41) is 12.1. The second kappa shape index (κ2) is 8.09. The molecule has 0 atom stereocenters. The Bertz CT molecular complexity index is 627. The number of nitrogens with one attached hydrogen (secondary N) is 1. The third-order valence-electron chi connectivity index (χ3n) is 2.80. The van der Waals surface area contributed by atoms with Gasteiger partial charge in [-0.25, -0.2) is 0 Å². The number of aromatic nitrogens is 1. The van der Waals surface area contributed by atoms with E-state index in [2.05, 4.69) is 5.32 Å². The number of halogens is 1. The fourth-order valence-electron chi connectivity index (χ4n) is 1.85. The first-order chi connectivity index (χ1) is 10.1. The van der Waals surface area contributed by atoms with Gasteiger partial charge in [-0.05, 0) is 6.07 Å². The molecule has 0 aliphatic heterocycles. The third kappa shape index (κ3) is 4.82. The summed E-state index contributed by atoms with van der Waals surface area (Å²) in [6.45, 7) is 0.0912. The predicted molar refractivity (Wildman–Crippen MR) is 76.5 cm³/mol. The molecule has 1 aromatic carbocycles. The van der Waals surface area contributed by atoms with E-state index in [1.165, 1.54) is 6.20 Å². The van der Waals surface area contributed by atoms with Crippen molar-refractivity contribution >= 4 is 11.6 Å². The Kier molecular flexibility index (Phi) is 6.47. The minimum absolute atomic E-state index is 0. The van der Waals surface area contributed by atoms with Gasteiger partial charge in [0.1, 0.15) is 11.5 Å². The van der Waals surface area contributed by atoms with Crippen molar-refractivity contribution in [1.29, 1.82) is 0 Å². The van der Waals surface area contributed by atoms with Crippen LogP contribution < -0.4 is 31.8 Å². The largest absolute Gasteiger partial charge is 1.00 e. The summed E-state index contributed by atoms with van der Waals surface area (Å²) >= 11 is 0. The number of ether oxygens (including phenoxy) is 2. The molecule has 0 aliphatic rings. The van der Waals surface area contributed by atoms with Crippen LogP contribution in [0.4, 0.5) is 5.69 Å². The van der Waals surface area contributed by atoms with E-state index in [-0.39, 0.29) is 30.6 Å². The van der Waals surface area contributed by atoms with E-state index in [9.17, 15) is 9.90 Å². The molecule has 1 heterocycles. The van der Waals surface area contributed by atoms with Crippen LogP contribution in [0.5, 0.6) is 17.2 Å². The quantitative estimate of drug-likeness (QED) is 0.646. The molecule has 0 bridgehead atoms. The Labute approximate surface area is 134 Å². The van der Waals surface area contributed by atoms with E-state index < -0.39 is 0 Å². The number of rotatable bonds is 5. The number of hydrogen-bond acceptors (Lipinski definition) is 4. The summed E-state index contributed by atoms with van der Waals surface area (Å²) in [6.07, 6.45) is 3.18. The van der Waals surface area contributed by atoms with E-state index in [0.29, 0.717) is 17.2 Å². The summed E-state index contributed by atoms with van der Waals surface area (Å²) in [5.74, 6) is 1.07. The van der Waals surface area contributed by atoms with Crippen molar-refractivity contribution in [2.45, 2.75) is 6.54 Å². The minimum atomic E-state index is -0.221. The number of amides is 1. The highest BCUT2D eigenvalue weighted by Gasteiger charge is 2.11. The molecule has 0 spiro atoms. The molecule has 1 aromatic heterocycles. The van der Waals surface area contributed by atoms with Gasteiger partial charge in [-0.1, -0.05) is 0 Å². The zero-order chi connectivity index (χ0) is 15.2. The van der Waals surface area contributed by atoms with Gasteiger partial charge < -0.3 is 32.3 Å². The molecule has 2 rings (SSSR count). The van der Waals surface area contributed by atoms with Crippen molar-refractivity contribution in [2.24, 2.45) is 0 Å². The summed E-state index contributed by atoms with van der Waals surface area (Å²) in [5.41, 5.74) is 0.581. The number of benzene rings is 1. The molecular weight excluding hydrogens is 308 g/mol. The second-order valence-electron chi connectivity index (χ2n) is 4.38. The highest BCUT2D eigenvalue weighted by atomic mass is 35.5. The molecule has 6 nitrogen and oxygen atoms in total. The molecule has 2 N–H and O–H groups in total. The van der Waals surface area contributed by atoms with Crippen LogP contribution in [0.3, 0.4) is 0 Å². The number of nitrogens with zero attached hydrogens (tertiary/aromatic N) is 1. The van der Waals surface area contributed by atoms with Gasteiger partial charge in [0.25, 0.3) is 5.91 Å². The van der Waals surface area contributed by atoms with E-state index in [1.54, 1.807) is 55.3 Å². The maximum Gasteiger partial charge on any atom is 0.290 e. The van der Waals surface area contributed by atoms with Gasteiger partial charge in [-0.15, -0.1) is 0 Å². The first kappa shape index (κ1) is 17.6. The van der Waals surface area contributed by atoms with Gasteiger partial charge in [0.05, 0.1) is 14.2 Å². The molecule has 0 fully saturated rings. The van der Waals surface area contributed by atoms with Crippen molar-refractivity contribution in [3.05, 3.63) is 42.7 Å². The molecule has 2 aromatic rings. The fourth-order valence-corrected chi connectivity index (χ4v) is 1.85. The number of anilines is 1. The highest BCUT2D eigenvalue weighted by molar-refractivity contribution is 5.90. The molecule has 0 unspecified atom stereocenters. The average Bonchev–Trinajstić information content (AvgIpc) is 2.46. The van der Waals surface area contributed by atoms with Gasteiger partial charge in [-0.3, -0.25) is 4.79 Å². The molecule has 0 aliphatic carbocycles. The van der Waals surface area contributed by atoms with Gasteiger partial charge in [0.15, 0.2) is 11.9 Å². The summed E-state index contributed by atoms with van der Waals surface area (Å²) in [7, 11) is 3.09. The van der Waals surface area contributed by atoms with Crippen molar-refractivity contribution in [1.82, 2.24) is 0 Å². The molecule has 118 valence electrons. The van der Waals surface area contributed by atoms with Gasteiger partial charge in [-0.2, -0.15) is 4.57 Å². The van der Waals surface area contributed by atoms with Crippen LogP contribution in [-0.2, 0) is 11.3 Å². The van der Waals surface area contributed by atoms with Crippen molar-refractivity contribution in [3.8, 4) is 17.2 Å². The SMILES string of the molecule is COc1cc(NC(=O)C[n+]2cccc(O)c2)cc(OC)c1.[Cl-]. The number of pyridine rings is 1. The normalized spacial score (nSPS) is 9.55. The topological polar surface area (TPSA) is 71.7 Å². The minimum Gasteiger partial charge on any atom is -1.00 e. The maximum atomic E-state index is 12.0. The first-order valence-electron chi connectivity index (χ1n) is 6.31. The number of aromatic hydroxyl groups is 1. The number of carbonyl (C=O) groups is 1. The number of methoxy groups -OCH3 is 2. The second-order valence-corrected chi connectivity index (χ2v) is 4.38. The lowest BCUT2D eigenvalue weighted by molar-refractivity contribution is -0.684. The van der Waals surface area contributed by atoms with Crippen LogP contribution in [0.15, 0.2) is 42.7 Å². The Morgan fingerprint density at radius 2 is 1.86 bits per heavy atom. The summed E-state index contributed by atoms with van der Waals surface area (Å²) in [4.78, 5) is 12.0. The smallest absolute Gasteiger partial charge is 0.290 e. The van der Waals surface area contributed by atoms with Crippen LogP contribution in [0.2, 0.25) is 0 Å². The molecule has 22 heavy (non-hydrogen) atoms. The Hall–Kier alpha value is -2.47. The van der Waals surface area contributed by atoms with Gasteiger partial charge >= 0.3 is 0 Å². The average molecular weight is 325 g/mol. The predicted octanol–water partition coefficient (Wildman–Crippen LogP) is -1.66. The lowest BCUT2D eigenvalue weighted by atomic mass is 10.2. The Balaban J connectivity index is 0.00000242. The molecule has 0 radical (unpaired) electrons. The van der Waals surface area contributed by atoms with Gasteiger partial charge in [0, 0.05) is 30.0 Å². The van der Waals surface area contributed by atoms with Crippen molar-refractivity contribution < 1.29 is 36.3 Å². The van der Waals surface area contributed by atoms with Crippen molar-refractivity contribution in [3.63, 3.8) is 0 Å². The highest BCUT2D eigenvalue weighted by Crippen LogP contribution is 2.25. The molecule has 7 heteroatoms. The molecule has 1 amide bonds. The third-order valence-corrected chi connectivity index (χ3v) is 2.80. The fraction of sp³-hybridized carbons (Fsp3) is 0.200. The van der Waals surface area contributed by atoms with Crippen LogP contribution >= 0.6 is 0 Å². The maximum absolute atomic E-state index is 12.0. The van der Waals surface area contributed by atoms with E-state index >= 15 is 0 Å². The molecule has 0 saturated heterocycles. The van der Waals surface area contributed by atoms with E-state index in [0.717, 1.165) is 0 Å². The van der Waals surface area contributed by atoms with Gasteiger partial charge in [0.2, 0.25) is 12.7 Å². The lowest BCUT2D eigenvalue weighted by Gasteiger charge is -2.09. The number of hydrogen-bond donors (Lipinski definition) is 2. The summed E-state index contributed by atoms with van der Waals surface area (Å²) < 4.78 is 11.9. The molecular formula is C15H17ClN2O4. The zero-order valence-electron chi connectivity index (χ0n) is 12.2. The Morgan fingerprint density at radius 1 is 1.23 bits per heavy atom. The van der Waals surface area contributed by atoms with Crippen molar-refractivity contribution in [2.75, 3.05) is 19.5 Å². The van der Waals surface area contributed by atoms with E-state index in [1.807, 2.05) is 0 Å². The monoisotopic (exact) mass is 324 g/mol. The molecule has 0 saturated carbocycles. The van der Waals surface area contributed by atoms with Crippen LogP contribution in [-0.4, -0.2) is 25.2 Å². The summed E-state index contributed by atoms with van der Waals surface area (Å²) in [6, 6.07) is 8.33. The van der Waals surface area contributed by atoms with E-state index in [4.69, 9.17) is 9.47 Å². The number of carbonyl (C=O) groups excluding carboxylic acids is 1. The standard InChI is InChI=1S/C15H16N2O4.ClH/c1-20-13-6-11(7-14(8-13)21-2)16-15(19)10-17-5-3-4-12(18)9-17;/h3-9H,10H2,1-2H3,(H-,16,18,19);1H.